The van der Waals surface area contributed by atoms with Crippen molar-refractivity contribution in [3.05, 3.63) is 68.6 Å². The molecule has 0 spiro atoms. The highest BCUT2D eigenvalue weighted by Crippen LogP contribution is 2.38. The summed E-state index contributed by atoms with van der Waals surface area (Å²) < 4.78 is 5.44. The van der Waals surface area contributed by atoms with Crippen LogP contribution in [0.5, 0.6) is 0 Å². The normalized spacial score (nSPS) is 17.4. The first-order valence-electron chi connectivity index (χ1n) is 8.96. The van der Waals surface area contributed by atoms with Crippen LogP contribution in [0.2, 0.25) is 5.02 Å². The summed E-state index contributed by atoms with van der Waals surface area (Å²) in [6.07, 6.45) is 5.24. The summed E-state index contributed by atoms with van der Waals surface area (Å²) in [7, 11) is 0. The maximum Gasteiger partial charge on any atom is 0.342 e. The molecule has 26 heavy (non-hydrogen) atoms. The van der Waals surface area contributed by atoms with Crippen molar-refractivity contribution in [2.24, 2.45) is 0 Å². The molecule has 0 saturated heterocycles. The first-order chi connectivity index (χ1) is 12.7. The Morgan fingerprint density at radius 1 is 1.27 bits per heavy atom. The van der Waals surface area contributed by atoms with Crippen LogP contribution in [0, 0.1) is 0 Å². The van der Waals surface area contributed by atoms with Gasteiger partial charge in [-0.05, 0) is 25.0 Å². The Balaban J connectivity index is 1.42. The molecule has 0 atom stereocenters. The van der Waals surface area contributed by atoms with Crippen LogP contribution in [-0.2, 0) is 19.5 Å². The van der Waals surface area contributed by atoms with Crippen LogP contribution in [0.15, 0.2) is 39.7 Å². The fourth-order valence-electron chi connectivity index (χ4n) is 3.57. The van der Waals surface area contributed by atoms with Gasteiger partial charge in [0.1, 0.15) is 11.4 Å². The number of benzene rings is 1. The highest BCUT2D eigenvalue weighted by atomic mass is 35.5. The number of hydrogen-bond donors (Lipinski definition) is 0. The average Bonchev–Trinajstić information content (AvgIpc) is 3.50. The Kier molecular flexibility index (Phi) is 3.80. The van der Waals surface area contributed by atoms with E-state index in [1.165, 1.54) is 12.8 Å². The predicted octanol–water partition coefficient (Wildman–Crippen LogP) is 3.67. The van der Waals surface area contributed by atoms with E-state index in [9.17, 15) is 4.79 Å². The van der Waals surface area contributed by atoms with E-state index in [1.54, 1.807) is 6.07 Å². The van der Waals surface area contributed by atoms with E-state index in [2.05, 4.69) is 9.88 Å². The molecule has 2 aliphatic rings. The molecule has 1 aliphatic carbocycles. The van der Waals surface area contributed by atoms with E-state index in [-0.39, 0.29) is 5.63 Å². The van der Waals surface area contributed by atoms with Crippen LogP contribution < -0.4 is 5.63 Å². The Bertz CT molecular complexity index is 1060. The minimum absolute atomic E-state index is 0.361. The fraction of sp³-hybridized carbons (Fsp3) is 0.350. The first-order valence-corrected chi connectivity index (χ1v) is 9.34. The molecule has 1 aromatic carbocycles. The van der Waals surface area contributed by atoms with E-state index < -0.39 is 0 Å². The molecule has 132 valence electrons. The molecule has 3 heterocycles. The number of nitrogens with zero attached hydrogens (tertiary/aromatic N) is 3. The van der Waals surface area contributed by atoms with Gasteiger partial charge in [0, 0.05) is 54.8 Å². The van der Waals surface area contributed by atoms with Crippen LogP contribution in [0.1, 0.15) is 41.4 Å². The summed E-state index contributed by atoms with van der Waals surface area (Å²) in [5.74, 6) is 1.56. The molecule has 6 heteroatoms. The van der Waals surface area contributed by atoms with Gasteiger partial charge in [-0.15, -0.1) is 0 Å². The Hall–Kier alpha value is -2.24. The van der Waals surface area contributed by atoms with E-state index in [0.29, 0.717) is 28.6 Å². The quantitative estimate of drug-likeness (QED) is 0.661. The van der Waals surface area contributed by atoms with Crippen LogP contribution >= 0.6 is 11.6 Å². The van der Waals surface area contributed by atoms with Crippen molar-refractivity contribution in [1.82, 2.24) is 14.9 Å². The van der Waals surface area contributed by atoms with Gasteiger partial charge in [0.05, 0.1) is 10.6 Å². The lowest BCUT2D eigenvalue weighted by Crippen LogP contribution is -2.32. The molecule has 0 N–H and O–H groups in total. The lowest BCUT2D eigenvalue weighted by molar-refractivity contribution is 0.239. The molecule has 5 nitrogen and oxygen atoms in total. The molecule has 2 aromatic heterocycles. The third-order valence-electron chi connectivity index (χ3n) is 5.19. The maximum absolute atomic E-state index is 12.4. The number of halogens is 1. The van der Waals surface area contributed by atoms with Gasteiger partial charge < -0.3 is 4.42 Å². The molecule has 5 rings (SSSR count). The van der Waals surface area contributed by atoms with Gasteiger partial charge >= 0.3 is 5.63 Å². The van der Waals surface area contributed by atoms with Gasteiger partial charge in [0.2, 0.25) is 0 Å². The average molecular weight is 368 g/mol. The Morgan fingerprint density at radius 2 is 2.12 bits per heavy atom. The van der Waals surface area contributed by atoms with Crippen LogP contribution in [0.3, 0.4) is 0 Å². The highest BCUT2D eigenvalue weighted by molar-refractivity contribution is 6.35. The molecule has 1 fully saturated rings. The van der Waals surface area contributed by atoms with Crippen molar-refractivity contribution < 1.29 is 4.42 Å². The van der Waals surface area contributed by atoms with Crippen LogP contribution in [-0.4, -0.2) is 21.4 Å². The minimum atomic E-state index is -0.361. The highest BCUT2D eigenvalue weighted by Gasteiger charge is 2.28. The van der Waals surface area contributed by atoms with Gasteiger partial charge in [-0.3, -0.25) is 4.90 Å². The zero-order valence-electron chi connectivity index (χ0n) is 14.2. The topological polar surface area (TPSA) is 59.2 Å². The van der Waals surface area contributed by atoms with Crippen molar-refractivity contribution in [1.29, 1.82) is 0 Å². The molecule has 0 bridgehead atoms. The van der Waals surface area contributed by atoms with Crippen molar-refractivity contribution in [2.75, 3.05) is 6.54 Å². The number of rotatable bonds is 3. The SMILES string of the molecule is O=c1oc2ccccc2c(Cl)c1CN1CCc2nc(C3CC3)ncc2C1. The number of hydrogen-bond acceptors (Lipinski definition) is 5. The molecule has 0 unspecified atom stereocenters. The van der Waals surface area contributed by atoms with E-state index in [4.69, 9.17) is 21.0 Å². The smallest absolute Gasteiger partial charge is 0.342 e. The monoisotopic (exact) mass is 367 g/mol. The summed E-state index contributed by atoms with van der Waals surface area (Å²) in [5.41, 5.74) is 2.97. The van der Waals surface area contributed by atoms with Crippen molar-refractivity contribution in [2.45, 2.75) is 38.3 Å². The van der Waals surface area contributed by atoms with Crippen LogP contribution in [0.25, 0.3) is 11.0 Å². The summed E-state index contributed by atoms with van der Waals surface area (Å²) >= 11 is 6.52. The minimum Gasteiger partial charge on any atom is -0.422 e. The molecule has 0 radical (unpaired) electrons. The van der Waals surface area contributed by atoms with Crippen molar-refractivity contribution >= 4 is 22.6 Å². The van der Waals surface area contributed by atoms with Crippen molar-refractivity contribution in [3.63, 3.8) is 0 Å². The summed E-state index contributed by atoms with van der Waals surface area (Å²) in [6.45, 7) is 2.04. The van der Waals surface area contributed by atoms with Gasteiger partial charge in [-0.2, -0.15) is 0 Å². The third kappa shape index (κ3) is 2.81. The molecule has 0 amide bonds. The van der Waals surface area contributed by atoms with Gasteiger partial charge in [0.15, 0.2) is 0 Å². The summed E-state index contributed by atoms with van der Waals surface area (Å²) in [5, 5.41) is 1.27. The zero-order valence-corrected chi connectivity index (χ0v) is 15.0. The Morgan fingerprint density at radius 3 is 2.96 bits per heavy atom. The second-order valence-corrected chi connectivity index (χ2v) is 7.49. The largest absolute Gasteiger partial charge is 0.422 e. The third-order valence-corrected chi connectivity index (χ3v) is 5.63. The molecular weight excluding hydrogens is 350 g/mol. The second kappa shape index (κ2) is 6.18. The van der Waals surface area contributed by atoms with Gasteiger partial charge in [0.25, 0.3) is 0 Å². The van der Waals surface area contributed by atoms with E-state index >= 15 is 0 Å². The maximum atomic E-state index is 12.4. The zero-order chi connectivity index (χ0) is 17.7. The fourth-order valence-corrected chi connectivity index (χ4v) is 3.86. The lowest BCUT2D eigenvalue weighted by atomic mass is 10.1. The number of para-hydroxylation sites is 1. The number of fused-ring (bicyclic) bond motifs is 2. The van der Waals surface area contributed by atoms with Crippen LogP contribution in [0.4, 0.5) is 0 Å². The molecule has 3 aromatic rings. The molecule has 1 saturated carbocycles. The second-order valence-electron chi connectivity index (χ2n) is 7.11. The summed E-state index contributed by atoms with van der Waals surface area (Å²) in [6, 6.07) is 7.36. The van der Waals surface area contributed by atoms with Crippen molar-refractivity contribution in [3.8, 4) is 0 Å². The summed E-state index contributed by atoms with van der Waals surface area (Å²) in [4.78, 5) is 23.9. The molecule has 1 aliphatic heterocycles. The van der Waals surface area contributed by atoms with E-state index in [1.807, 2.05) is 24.4 Å². The van der Waals surface area contributed by atoms with Gasteiger partial charge in [-0.1, -0.05) is 23.7 Å². The molecular formula is C20H18ClN3O2. The predicted molar refractivity (Wildman–Crippen MR) is 99.3 cm³/mol. The van der Waals surface area contributed by atoms with Gasteiger partial charge in [-0.25, -0.2) is 14.8 Å². The van der Waals surface area contributed by atoms with E-state index in [0.717, 1.165) is 42.0 Å². The standard InChI is InChI=1S/C20H18ClN3O2/c21-18-14-3-1-2-4-17(14)26-20(25)15(18)11-24-8-7-16-13(10-24)9-22-19(23-16)12-5-6-12/h1-4,9,12H,5-8,10-11H2. The lowest BCUT2D eigenvalue weighted by Gasteiger charge is -2.28. The Labute approximate surface area is 155 Å². The number of aromatic nitrogens is 2. The first kappa shape index (κ1) is 16.0.